The Kier molecular flexibility index (Phi) is 3.44. The number of hydrazine groups is 1. The van der Waals surface area contributed by atoms with E-state index in [1.165, 1.54) is 19.3 Å². The lowest BCUT2D eigenvalue weighted by molar-refractivity contribution is 0.273. The Morgan fingerprint density at radius 3 is 2.73 bits per heavy atom. The van der Waals surface area contributed by atoms with Crippen LogP contribution in [0.25, 0.3) is 0 Å². The van der Waals surface area contributed by atoms with Gasteiger partial charge in [-0.15, -0.1) is 0 Å². The molecule has 1 aliphatic heterocycles. The van der Waals surface area contributed by atoms with Crippen molar-refractivity contribution < 1.29 is 0 Å². The fraction of sp³-hybridized carbons (Fsp3) is 0.545. The van der Waals surface area contributed by atoms with E-state index in [1.807, 2.05) is 13.0 Å². The van der Waals surface area contributed by atoms with Crippen LogP contribution in [0.2, 0.25) is 5.15 Å². The molecule has 1 fully saturated rings. The van der Waals surface area contributed by atoms with Crippen LogP contribution in [0.3, 0.4) is 0 Å². The van der Waals surface area contributed by atoms with Gasteiger partial charge in [-0.1, -0.05) is 18.0 Å². The zero-order chi connectivity index (χ0) is 10.7. The molecule has 0 bridgehead atoms. The summed E-state index contributed by atoms with van der Waals surface area (Å²) in [7, 11) is 0. The van der Waals surface area contributed by atoms with E-state index in [2.05, 4.69) is 15.4 Å². The van der Waals surface area contributed by atoms with Crippen molar-refractivity contribution in [2.45, 2.75) is 26.2 Å². The molecule has 1 aliphatic rings. The van der Waals surface area contributed by atoms with Gasteiger partial charge in [0.25, 0.3) is 0 Å². The second-order valence-electron chi connectivity index (χ2n) is 3.99. The number of nitrogens with zero attached hydrogens (tertiary/aromatic N) is 2. The molecule has 2 heterocycles. The molecule has 1 aromatic rings. The van der Waals surface area contributed by atoms with Crippen molar-refractivity contribution in [3.63, 3.8) is 0 Å². The van der Waals surface area contributed by atoms with Gasteiger partial charge in [0.15, 0.2) is 0 Å². The van der Waals surface area contributed by atoms with E-state index in [-0.39, 0.29) is 0 Å². The molecule has 82 valence electrons. The molecule has 0 aromatic carbocycles. The number of hydrogen-bond acceptors (Lipinski definition) is 3. The van der Waals surface area contributed by atoms with Crippen molar-refractivity contribution >= 4 is 17.3 Å². The minimum atomic E-state index is 0.583. The maximum atomic E-state index is 5.87. The van der Waals surface area contributed by atoms with Gasteiger partial charge in [0, 0.05) is 13.1 Å². The van der Waals surface area contributed by atoms with Crippen LogP contribution >= 0.6 is 11.6 Å². The van der Waals surface area contributed by atoms with Gasteiger partial charge in [0.1, 0.15) is 5.15 Å². The standard InChI is InChI=1S/C11H16ClN3/c1-9-7-10(8-13-11(9)12)14-15-5-3-2-4-6-15/h7-8,14H,2-6H2,1H3. The largest absolute Gasteiger partial charge is 0.317 e. The summed E-state index contributed by atoms with van der Waals surface area (Å²) >= 11 is 5.87. The summed E-state index contributed by atoms with van der Waals surface area (Å²) in [6.07, 6.45) is 5.67. The summed E-state index contributed by atoms with van der Waals surface area (Å²) in [5.74, 6) is 0. The molecule has 0 atom stereocenters. The lowest BCUT2D eigenvalue weighted by atomic mass is 10.2. The van der Waals surface area contributed by atoms with Crippen molar-refractivity contribution in [3.8, 4) is 0 Å². The van der Waals surface area contributed by atoms with Crippen LogP contribution in [-0.4, -0.2) is 23.1 Å². The normalized spacial score (nSPS) is 17.7. The van der Waals surface area contributed by atoms with Crippen LogP contribution in [0.1, 0.15) is 24.8 Å². The molecule has 0 spiro atoms. The first-order valence-corrected chi connectivity index (χ1v) is 5.77. The van der Waals surface area contributed by atoms with Crippen LogP contribution < -0.4 is 5.43 Å². The van der Waals surface area contributed by atoms with E-state index in [1.54, 1.807) is 6.20 Å². The highest BCUT2D eigenvalue weighted by Gasteiger charge is 2.09. The van der Waals surface area contributed by atoms with E-state index in [9.17, 15) is 0 Å². The van der Waals surface area contributed by atoms with Gasteiger partial charge in [0.05, 0.1) is 11.9 Å². The summed E-state index contributed by atoms with van der Waals surface area (Å²) in [4.78, 5) is 4.12. The van der Waals surface area contributed by atoms with Gasteiger partial charge in [-0.05, 0) is 31.4 Å². The SMILES string of the molecule is Cc1cc(NN2CCCCC2)cnc1Cl. The van der Waals surface area contributed by atoms with Crippen LogP contribution in [0.5, 0.6) is 0 Å². The number of rotatable bonds is 2. The highest BCUT2D eigenvalue weighted by molar-refractivity contribution is 6.30. The Bertz CT molecular complexity index is 335. The average molecular weight is 226 g/mol. The smallest absolute Gasteiger partial charge is 0.132 e. The first kappa shape index (κ1) is 10.7. The second kappa shape index (κ2) is 4.81. The van der Waals surface area contributed by atoms with Gasteiger partial charge < -0.3 is 5.43 Å². The third-order valence-corrected chi connectivity index (χ3v) is 3.05. The lowest BCUT2D eigenvalue weighted by Crippen LogP contribution is -2.34. The quantitative estimate of drug-likeness (QED) is 0.785. The summed E-state index contributed by atoms with van der Waals surface area (Å²) in [6, 6.07) is 2.03. The lowest BCUT2D eigenvalue weighted by Gasteiger charge is -2.27. The molecule has 0 amide bonds. The Balaban J connectivity index is 2.00. The number of piperidine rings is 1. The molecule has 1 saturated heterocycles. The highest BCUT2D eigenvalue weighted by Crippen LogP contribution is 2.17. The number of pyridine rings is 1. The predicted molar refractivity (Wildman–Crippen MR) is 63.0 cm³/mol. The molecular formula is C11H16ClN3. The second-order valence-corrected chi connectivity index (χ2v) is 4.35. The van der Waals surface area contributed by atoms with Crippen LogP contribution in [0.15, 0.2) is 12.3 Å². The fourth-order valence-corrected chi connectivity index (χ4v) is 1.91. The molecule has 1 N–H and O–H groups in total. The van der Waals surface area contributed by atoms with E-state index >= 15 is 0 Å². The zero-order valence-corrected chi connectivity index (χ0v) is 9.72. The van der Waals surface area contributed by atoms with E-state index < -0.39 is 0 Å². The fourth-order valence-electron chi connectivity index (χ4n) is 1.81. The number of hydrogen-bond donors (Lipinski definition) is 1. The van der Waals surface area contributed by atoms with E-state index in [0.717, 1.165) is 24.3 Å². The van der Waals surface area contributed by atoms with Crippen molar-refractivity contribution in [3.05, 3.63) is 23.0 Å². The first-order chi connectivity index (χ1) is 7.25. The third-order valence-electron chi connectivity index (χ3n) is 2.66. The number of halogens is 1. The number of nitrogens with one attached hydrogen (secondary N) is 1. The van der Waals surface area contributed by atoms with Gasteiger partial charge in [-0.25, -0.2) is 9.99 Å². The molecule has 3 nitrogen and oxygen atoms in total. The third kappa shape index (κ3) is 2.83. The number of aryl methyl sites for hydroxylation is 1. The Morgan fingerprint density at radius 2 is 2.07 bits per heavy atom. The van der Waals surface area contributed by atoms with Crippen molar-refractivity contribution in [1.82, 2.24) is 9.99 Å². The molecular weight excluding hydrogens is 210 g/mol. The molecule has 0 aliphatic carbocycles. The summed E-state index contributed by atoms with van der Waals surface area (Å²) in [5, 5.41) is 2.83. The Labute approximate surface area is 95.4 Å². The summed E-state index contributed by atoms with van der Waals surface area (Å²) < 4.78 is 0. The minimum absolute atomic E-state index is 0.583. The van der Waals surface area contributed by atoms with Crippen LogP contribution in [0.4, 0.5) is 5.69 Å². The van der Waals surface area contributed by atoms with Crippen molar-refractivity contribution in [1.29, 1.82) is 0 Å². The molecule has 1 aromatic heterocycles. The molecule has 2 rings (SSSR count). The van der Waals surface area contributed by atoms with Gasteiger partial charge in [0.2, 0.25) is 0 Å². The first-order valence-electron chi connectivity index (χ1n) is 5.39. The van der Waals surface area contributed by atoms with Gasteiger partial charge >= 0.3 is 0 Å². The van der Waals surface area contributed by atoms with Crippen molar-refractivity contribution in [2.75, 3.05) is 18.5 Å². The molecule has 0 radical (unpaired) electrons. The van der Waals surface area contributed by atoms with Crippen LogP contribution in [-0.2, 0) is 0 Å². The Hall–Kier alpha value is -0.800. The topological polar surface area (TPSA) is 28.2 Å². The van der Waals surface area contributed by atoms with Crippen molar-refractivity contribution in [2.24, 2.45) is 0 Å². The summed E-state index contributed by atoms with van der Waals surface area (Å²) in [6.45, 7) is 4.19. The average Bonchev–Trinajstić information content (AvgIpc) is 2.25. The molecule has 15 heavy (non-hydrogen) atoms. The van der Waals surface area contributed by atoms with Gasteiger partial charge in [-0.3, -0.25) is 0 Å². The van der Waals surface area contributed by atoms with Gasteiger partial charge in [-0.2, -0.15) is 0 Å². The Morgan fingerprint density at radius 1 is 1.33 bits per heavy atom. The molecule has 0 saturated carbocycles. The predicted octanol–water partition coefficient (Wildman–Crippen LogP) is 2.86. The van der Waals surface area contributed by atoms with E-state index in [0.29, 0.717) is 5.15 Å². The van der Waals surface area contributed by atoms with E-state index in [4.69, 9.17) is 11.6 Å². The summed E-state index contributed by atoms with van der Waals surface area (Å²) in [5.41, 5.74) is 5.40. The molecule has 0 unspecified atom stereocenters. The maximum Gasteiger partial charge on any atom is 0.132 e. The minimum Gasteiger partial charge on any atom is -0.317 e. The van der Waals surface area contributed by atoms with Crippen LogP contribution in [0, 0.1) is 6.92 Å². The zero-order valence-electron chi connectivity index (χ0n) is 8.96. The molecule has 4 heteroatoms. The monoisotopic (exact) mass is 225 g/mol. The highest BCUT2D eigenvalue weighted by atomic mass is 35.5. The number of anilines is 1. The number of aromatic nitrogens is 1. The maximum absolute atomic E-state index is 5.87.